The number of carbonyl (C=O) groups is 1. The van der Waals surface area contributed by atoms with Crippen LogP contribution in [0.15, 0.2) is 18.2 Å². The molecular weight excluding hydrogens is 246 g/mol. The summed E-state index contributed by atoms with van der Waals surface area (Å²) >= 11 is 0. The van der Waals surface area contributed by atoms with E-state index in [2.05, 4.69) is 0 Å². The SMILES string of the molecule is COCCOc1ccc2c(c1)N(C)C(=O)[C@@H](C)CO2. The van der Waals surface area contributed by atoms with Gasteiger partial charge in [0.2, 0.25) is 5.91 Å². The average molecular weight is 265 g/mol. The molecule has 1 aliphatic heterocycles. The van der Waals surface area contributed by atoms with Crippen LogP contribution >= 0.6 is 0 Å². The molecule has 0 bridgehead atoms. The van der Waals surface area contributed by atoms with Crippen LogP contribution in [-0.2, 0) is 9.53 Å². The van der Waals surface area contributed by atoms with Crippen LogP contribution in [-0.4, -0.2) is 39.9 Å². The Morgan fingerprint density at radius 1 is 1.42 bits per heavy atom. The van der Waals surface area contributed by atoms with Gasteiger partial charge in [-0.15, -0.1) is 0 Å². The summed E-state index contributed by atoms with van der Waals surface area (Å²) in [7, 11) is 3.38. The van der Waals surface area contributed by atoms with E-state index in [0.717, 1.165) is 5.69 Å². The predicted molar refractivity (Wildman–Crippen MR) is 71.9 cm³/mol. The Hall–Kier alpha value is -1.75. The molecule has 0 saturated carbocycles. The molecule has 0 aliphatic carbocycles. The minimum Gasteiger partial charge on any atom is -0.491 e. The van der Waals surface area contributed by atoms with Gasteiger partial charge in [-0.3, -0.25) is 4.79 Å². The Labute approximate surface area is 113 Å². The molecule has 0 saturated heterocycles. The molecule has 2 rings (SSSR count). The lowest BCUT2D eigenvalue weighted by Crippen LogP contribution is -2.31. The van der Waals surface area contributed by atoms with Crippen molar-refractivity contribution in [2.24, 2.45) is 5.92 Å². The molecular formula is C14H19NO4. The summed E-state index contributed by atoms with van der Waals surface area (Å²) in [6, 6.07) is 5.49. The highest BCUT2D eigenvalue weighted by atomic mass is 16.5. The number of rotatable bonds is 4. The Bertz CT molecular complexity index is 461. The summed E-state index contributed by atoms with van der Waals surface area (Å²) < 4.78 is 16.1. The van der Waals surface area contributed by atoms with Crippen molar-refractivity contribution in [3.8, 4) is 11.5 Å². The first-order chi connectivity index (χ1) is 9.13. The highest BCUT2D eigenvalue weighted by Gasteiger charge is 2.26. The lowest BCUT2D eigenvalue weighted by Gasteiger charge is -2.18. The zero-order valence-electron chi connectivity index (χ0n) is 11.5. The summed E-state index contributed by atoms with van der Waals surface area (Å²) in [5, 5.41) is 0. The molecule has 0 spiro atoms. The van der Waals surface area contributed by atoms with E-state index in [1.165, 1.54) is 0 Å². The van der Waals surface area contributed by atoms with Crippen molar-refractivity contribution >= 4 is 11.6 Å². The average Bonchev–Trinajstić information content (AvgIpc) is 2.52. The van der Waals surface area contributed by atoms with Gasteiger partial charge in [-0.05, 0) is 12.1 Å². The van der Waals surface area contributed by atoms with E-state index in [9.17, 15) is 4.79 Å². The minimum atomic E-state index is -0.143. The van der Waals surface area contributed by atoms with Gasteiger partial charge in [-0.1, -0.05) is 6.92 Å². The summed E-state index contributed by atoms with van der Waals surface area (Å²) in [5.41, 5.74) is 0.740. The van der Waals surface area contributed by atoms with Crippen molar-refractivity contribution in [1.82, 2.24) is 0 Å². The smallest absolute Gasteiger partial charge is 0.233 e. The fourth-order valence-corrected chi connectivity index (χ4v) is 1.95. The fraction of sp³-hybridized carbons (Fsp3) is 0.500. The fourth-order valence-electron chi connectivity index (χ4n) is 1.95. The van der Waals surface area contributed by atoms with Gasteiger partial charge < -0.3 is 19.1 Å². The first kappa shape index (κ1) is 13.7. The minimum absolute atomic E-state index is 0.0489. The van der Waals surface area contributed by atoms with Crippen molar-refractivity contribution < 1.29 is 19.0 Å². The van der Waals surface area contributed by atoms with Crippen LogP contribution in [0.4, 0.5) is 5.69 Å². The molecule has 104 valence electrons. The maximum atomic E-state index is 12.1. The normalized spacial score (nSPS) is 18.6. The number of methoxy groups -OCH3 is 1. The zero-order chi connectivity index (χ0) is 13.8. The molecule has 1 amide bonds. The number of fused-ring (bicyclic) bond motifs is 1. The second-order valence-corrected chi connectivity index (χ2v) is 4.58. The number of ether oxygens (including phenoxy) is 3. The molecule has 1 heterocycles. The lowest BCUT2D eigenvalue weighted by molar-refractivity contribution is -0.122. The van der Waals surface area contributed by atoms with E-state index in [4.69, 9.17) is 14.2 Å². The Morgan fingerprint density at radius 2 is 2.21 bits per heavy atom. The van der Waals surface area contributed by atoms with E-state index in [-0.39, 0.29) is 11.8 Å². The quantitative estimate of drug-likeness (QED) is 0.777. The molecule has 0 unspecified atom stereocenters. The lowest BCUT2D eigenvalue weighted by atomic mass is 10.1. The number of nitrogens with zero attached hydrogens (tertiary/aromatic N) is 1. The third-order valence-corrected chi connectivity index (χ3v) is 3.09. The van der Waals surface area contributed by atoms with Crippen LogP contribution in [0.5, 0.6) is 11.5 Å². The van der Waals surface area contributed by atoms with Gasteiger partial charge in [0.05, 0.1) is 24.8 Å². The number of carbonyl (C=O) groups excluding carboxylic acids is 1. The van der Waals surface area contributed by atoms with Crippen LogP contribution in [0, 0.1) is 5.92 Å². The molecule has 1 aromatic rings. The van der Waals surface area contributed by atoms with E-state index in [0.29, 0.717) is 31.3 Å². The highest BCUT2D eigenvalue weighted by Crippen LogP contribution is 2.34. The molecule has 5 heteroatoms. The largest absolute Gasteiger partial charge is 0.491 e. The van der Waals surface area contributed by atoms with Crippen molar-refractivity contribution in [2.45, 2.75) is 6.92 Å². The Kier molecular flexibility index (Phi) is 4.27. The van der Waals surface area contributed by atoms with Gasteiger partial charge in [0, 0.05) is 20.2 Å². The third kappa shape index (κ3) is 2.98. The molecule has 19 heavy (non-hydrogen) atoms. The van der Waals surface area contributed by atoms with Crippen LogP contribution in [0.1, 0.15) is 6.92 Å². The molecule has 1 atom stereocenters. The van der Waals surface area contributed by atoms with Crippen molar-refractivity contribution in [3.63, 3.8) is 0 Å². The predicted octanol–water partition coefficient (Wildman–Crippen LogP) is 1.70. The summed E-state index contributed by atoms with van der Waals surface area (Å²) in [4.78, 5) is 13.7. The van der Waals surface area contributed by atoms with Crippen LogP contribution < -0.4 is 14.4 Å². The van der Waals surface area contributed by atoms with Crippen LogP contribution in [0.2, 0.25) is 0 Å². The second kappa shape index (κ2) is 5.93. The first-order valence-corrected chi connectivity index (χ1v) is 6.29. The third-order valence-electron chi connectivity index (χ3n) is 3.09. The molecule has 0 aromatic heterocycles. The number of anilines is 1. The molecule has 0 N–H and O–H groups in total. The van der Waals surface area contributed by atoms with Crippen molar-refractivity contribution in [2.75, 3.05) is 38.9 Å². The maximum Gasteiger partial charge on any atom is 0.233 e. The van der Waals surface area contributed by atoms with Gasteiger partial charge in [0.25, 0.3) is 0 Å². The van der Waals surface area contributed by atoms with Gasteiger partial charge in [0.15, 0.2) is 0 Å². The van der Waals surface area contributed by atoms with Gasteiger partial charge >= 0.3 is 0 Å². The molecule has 1 aromatic carbocycles. The number of hydrogen-bond acceptors (Lipinski definition) is 4. The van der Waals surface area contributed by atoms with Crippen LogP contribution in [0.3, 0.4) is 0 Å². The molecule has 1 aliphatic rings. The van der Waals surface area contributed by atoms with Crippen molar-refractivity contribution in [1.29, 1.82) is 0 Å². The van der Waals surface area contributed by atoms with Gasteiger partial charge in [-0.25, -0.2) is 0 Å². The molecule has 5 nitrogen and oxygen atoms in total. The first-order valence-electron chi connectivity index (χ1n) is 6.29. The standard InChI is InChI=1S/C14H19NO4/c1-10-9-19-13-5-4-11(18-7-6-17-3)8-12(13)15(2)14(10)16/h4-5,8,10H,6-7,9H2,1-3H3/t10-/m0/s1. The van der Waals surface area contributed by atoms with Gasteiger partial charge in [-0.2, -0.15) is 0 Å². The molecule has 0 radical (unpaired) electrons. The highest BCUT2D eigenvalue weighted by molar-refractivity contribution is 5.96. The van der Waals surface area contributed by atoms with Crippen LogP contribution in [0.25, 0.3) is 0 Å². The van der Waals surface area contributed by atoms with Gasteiger partial charge in [0.1, 0.15) is 18.1 Å². The Balaban J connectivity index is 2.21. The van der Waals surface area contributed by atoms with E-state index < -0.39 is 0 Å². The van der Waals surface area contributed by atoms with E-state index in [1.54, 1.807) is 19.1 Å². The monoisotopic (exact) mass is 265 g/mol. The summed E-state index contributed by atoms with van der Waals surface area (Å²) in [6.45, 7) is 3.27. The van der Waals surface area contributed by atoms with E-state index >= 15 is 0 Å². The molecule has 0 fully saturated rings. The number of hydrogen-bond donors (Lipinski definition) is 0. The maximum absolute atomic E-state index is 12.1. The summed E-state index contributed by atoms with van der Waals surface area (Å²) in [5.74, 6) is 1.32. The number of benzene rings is 1. The zero-order valence-corrected chi connectivity index (χ0v) is 11.5. The number of amides is 1. The topological polar surface area (TPSA) is 48.0 Å². The second-order valence-electron chi connectivity index (χ2n) is 4.58. The van der Waals surface area contributed by atoms with Crippen molar-refractivity contribution in [3.05, 3.63) is 18.2 Å². The summed E-state index contributed by atoms with van der Waals surface area (Å²) in [6.07, 6.45) is 0. The van der Waals surface area contributed by atoms with E-state index in [1.807, 2.05) is 25.1 Å². The Morgan fingerprint density at radius 3 is 2.95 bits per heavy atom.